The Morgan fingerprint density at radius 2 is 0.745 bits per heavy atom. The zero-order chi connectivity index (χ0) is 36.3. The summed E-state index contributed by atoms with van der Waals surface area (Å²) in [6, 6.07) is 68.9. The van der Waals surface area contributed by atoms with E-state index in [9.17, 15) is 0 Å². The fourth-order valence-corrected chi connectivity index (χ4v) is 9.69. The van der Waals surface area contributed by atoms with Crippen LogP contribution in [0.3, 0.4) is 0 Å². The minimum atomic E-state index is 1.18. The van der Waals surface area contributed by atoms with Crippen LogP contribution in [0.15, 0.2) is 200 Å². The van der Waals surface area contributed by atoms with Crippen LogP contribution in [0.2, 0.25) is 0 Å². The number of pyridine rings is 1. The molecule has 0 amide bonds. The normalized spacial score (nSPS) is 11.6. The molecular weight excluding hydrogens is 683 g/mol. The molecule has 0 atom stereocenters. The molecule has 0 unspecified atom stereocenters. The molecule has 0 radical (unpaired) electrons. The lowest BCUT2D eigenvalue weighted by atomic mass is 9.91. The van der Waals surface area contributed by atoms with Gasteiger partial charge in [-0.2, -0.15) is 0 Å². The third-order valence-corrected chi connectivity index (χ3v) is 12.4. The van der Waals surface area contributed by atoms with Gasteiger partial charge in [-0.1, -0.05) is 146 Å². The Balaban J connectivity index is 0.936. The summed E-state index contributed by atoms with van der Waals surface area (Å²) in [6.07, 6.45) is 3.90. The van der Waals surface area contributed by atoms with Gasteiger partial charge in [-0.05, 0) is 125 Å². The van der Waals surface area contributed by atoms with Gasteiger partial charge in [-0.15, -0.1) is 11.3 Å². The molecular formula is C53H33NS. The van der Waals surface area contributed by atoms with E-state index in [1.54, 1.807) is 0 Å². The maximum absolute atomic E-state index is 4.52. The maximum Gasteiger partial charge on any atom is 0.0433 e. The first-order valence-corrected chi connectivity index (χ1v) is 19.6. The highest BCUT2D eigenvalue weighted by Crippen LogP contribution is 2.41. The van der Waals surface area contributed by atoms with E-state index in [0.717, 1.165) is 0 Å². The minimum Gasteiger partial charge on any atom is -0.264 e. The van der Waals surface area contributed by atoms with Gasteiger partial charge in [0.15, 0.2) is 0 Å². The second-order valence-corrected chi connectivity index (χ2v) is 15.4. The number of hydrogen-bond donors (Lipinski definition) is 0. The molecule has 0 aliphatic heterocycles. The van der Waals surface area contributed by atoms with E-state index in [4.69, 9.17) is 0 Å². The second kappa shape index (κ2) is 12.9. The van der Waals surface area contributed by atoms with Crippen LogP contribution in [-0.2, 0) is 0 Å². The molecule has 1 nitrogen and oxygen atoms in total. The molecule has 2 aromatic heterocycles. The Labute approximate surface area is 323 Å². The van der Waals surface area contributed by atoms with Gasteiger partial charge in [-0.3, -0.25) is 4.98 Å². The topological polar surface area (TPSA) is 12.9 Å². The average molecular weight is 716 g/mol. The van der Waals surface area contributed by atoms with Crippen LogP contribution >= 0.6 is 11.3 Å². The van der Waals surface area contributed by atoms with Crippen LogP contribution in [0, 0.1) is 0 Å². The van der Waals surface area contributed by atoms with Gasteiger partial charge in [0, 0.05) is 38.0 Å². The van der Waals surface area contributed by atoms with E-state index in [-0.39, 0.29) is 0 Å². The summed E-state index contributed by atoms with van der Waals surface area (Å²) in [5, 5.41) is 10.1. The summed E-state index contributed by atoms with van der Waals surface area (Å²) < 4.78 is 2.67. The molecule has 0 aliphatic carbocycles. The van der Waals surface area contributed by atoms with Crippen LogP contribution in [-0.4, -0.2) is 4.98 Å². The fraction of sp³-hybridized carbons (Fsp3) is 0. The van der Waals surface area contributed by atoms with Gasteiger partial charge in [-0.25, -0.2) is 0 Å². The van der Waals surface area contributed by atoms with Crippen LogP contribution in [0.25, 0.3) is 108 Å². The van der Waals surface area contributed by atoms with Crippen molar-refractivity contribution in [1.82, 2.24) is 4.98 Å². The number of hydrogen-bond acceptors (Lipinski definition) is 2. The molecule has 0 N–H and O–H groups in total. The number of aromatic nitrogens is 1. The molecule has 11 aromatic rings. The summed E-state index contributed by atoms with van der Waals surface area (Å²) >= 11 is 1.88. The molecule has 0 spiro atoms. The Bertz CT molecular complexity index is 3240. The molecule has 9 aromatic carbocycles. The lowest BCUT2D eigenvalue weighted by Gasteiger charge is -2.13. The zero-order valence-corrected chi connectivity index (χ0v) is 30.7. The van der Waals surface area contributed by atoms with Gasteiger partial charge in [0.25, 0.3) is 0 Å². The van der Waals surface area contributed by atoms with E-state index >= 15 is 0 Å². The predicted molar refractivity (Wildman–Crippen MR) is 237 cm³/mol. The SMILES string of the molecule is c1cc(-c2cccc(-c3cccc(-c4cccc5c4sc4ccccc45)c3)c2)cc(-c2cccc(-c3ccc4c5ccccc5c5ccncc5c4c3)c2)c1. The molecule has 2 heterocycles. The molecule has 2 heteroatoms. The molecule has 0 fully saturated rings. The Hall–Kier alpha value is -6.87. The highest BCUT2D eigenvalue weighted by molar-refractivity contribution is 7.26. The van der Waals surface area contributed by atoms with Crippen molar-refractivity contribution >= 4 is 63.8 Å². The van der Waals surface area contributed by atoms with Crippen molar-refractivity contribution in [3.8, 4) is 55.6 Å². The number of nitrogens with zero attached hydrogens (tertiary/aromatic N) is 1. The smallest absolute Gasteiger partial charge is 0.0433 e. The second-order valence-electron chi connectivity index (χ2n) is 14.3. The van der Waals surface area contributed by atoms with Crippen molar-refractivity contribution in [1.29, 1.82) is 0 Å². The van der Waals surface area contributed by atoms with Crippen LogP contribution in [0.1, 0.15) is 0 Å². The van der Waals surface area contributed by atoms with Crippen molar-refractivity contribution < 1.29 is 0 Å². The van der Waals surface area contributed by atoms with E-state index < -0.39 is 0 Å². The van der Waals surface area contributed by atoms with Crippen LogP contribution in [0.5, 0.6) is 0 Å². The van der Waals surface area contributed by atoms with Gasteiger partial charge < -0.3 is 0 Å². The third kappa shape index (κ3) is 5.42. The van der Waals surface area contributed by atoms with Gasteiger partial charge in [0.2, 0.25) is 0 Å². The maximum atomic E-state index is 4.52. The highest BCUT2D eigenvalue weighted by Gasteiger charge is 2.13. The summed E-state index contributed by atoms with van der Waals surface area (Å²) in [5.41, 5.74) is 12.2. The molecule has 11 rings (SSSR count). The highest BCUT2D eigenvalue weighted by atomic mass is 32.1. The number of rotatable bonds is 5. The van der Waals surface area contributed by atoms with E-state index in [0.29, 0.717) is 0 Å². The van der Waals surface area contributed by atoms with Gasteiger partial charge in [0.1, 0.15) is 0 Å². The predicted octanol–water partition coefficient (Wildman–Crippen LogP) is 15.2. The lowest BCUT2D eigenvalue weighted by Crippen LogP contribution is -1.87. The molecule has 0 aliphatic rings. The van der Waals surface area contributed by atoms with Crippen molar-refractivity contribution in [2.45, 2.75) is 0 Å². The summed E-state index contributed by atoms with van der Waals surface area (Å²) in [4.78, 5) is 4.52. The van der Waals surface area contributed by atoms with Crippen molar-refractivity contribution in [2.75, 3.05) is 0 Å². The summed E-state index contributed by atoms with van der Waals surface area (Å²) in [7, 11) is 0. The first-order valence-electron chi connectivity index (χ1n) is 18.8. The van der Waals surface area contributed by atoms with Gasteiger partial charge in [0.05, 0.1) is 0 Å². The Kier molecular flexibility index (Phi) is 7.43. The number of thiophene rings is 1. The first kappa shape index (κ1) is 31.6. The molecule has 55 heavy (non-hydrogen) atoms. The van der Waals surface area contributed by atoms with Crippen molar-refractivity contribution in [3.05, 3.63) is 200 Å². The van der Waals surface area contributed by atoms with Crippen molar-refractivity contribution in [2.24, 2.45) is 0 Å². The summed E-state index contributed by atoms with van der Waals surface area (Å²) in [5.74, 6) is 0. The quantitative estimate of drug-likeness (QED) is 0.162. The summed E-state index contributed by atoms with van der Waals surface area (Å²) in [6.45, 7) is 0. The standard InChI is InChI=1S/C53H33NS/c1-2-19-45-44(18-1)46-25-24-41(32-50(46)51-33-54-27-26-47(45)51)39-15-7-13-37(30-39)35-11-5-10-34(28-35)36-12-6-14-38(29-36)40-16-8-17-42(31-40)43-21-9-22-49-48-20-3-4-23-52(48)55-53(43)49/h1-33H. The van der Waals surface area contributed by atoms with Gasteiger partial charge >= 0.3 is 0 Å². The fourth-order valence-electron chi connectivity index (χ4n) is 8.45. The average Bonchev–Trinajstić information content (AvgIpc) is 3.66. The Morgan fingerprint density at radius 1 is 0.291 bits per heavy atom. The molecule has 256 valence electrons. The third-order valence-electron chi connectivity index (χ3n) is 11.1. The van der Waals surface area contributed by atoms with Crippen molar-refractivity contribution in [3.63, 3.8) is 0 Å². The van der Waals surface area contributed by atoms with E-state index in [1.165, 1.54) is 108 Å². The Morgan fingerprint density at radius 3 is 1.36 bits per heavy atom. The number of fused-ring (bicyclic) bond motifs is 9. The zero-order valence-electron chi connectivity index (χ0n) is 29.9. The number of benzene rings is 9. The molecule has 0 saturated carbocycles. The minimum absolute atomic E-state index is 1.18. The largest absolute Gasteiger partial charge is 0.264 e. The van der Waals surface area contributed by atoms with Crippen LogP contribution in [0.4, 0.5) is 0 Å². The van der Waals surface area contributed by atoms with Crippen LogP contribution < -0.4 is 0 Å². The van der Waals surface area contributed by atoms with E-state index in [2.05, 4.69) is 193 Å². The van der Waals surface area contributed by atoms with E-state index in [1.807, 2.05) is 23.7 Å². The molecule has 0 saturated heterocycles. The molecule has 0 bridgehead atoms. The monoisotopic (exact) mass is 715 g/mol. The lowest BCUT2D eigenvalue weighted by molar-refractivity contribution is 1.37. The first-order chi connectivity index (χ1) is 27.2.